The molecule has 1 aliphatic rings. The second-order valence-corrected chi connectivity index (χ2v) is 7.74. The molecule has 1 N–H and O–H groups in total. The van der Waals surface area contributed by atoms with Crippen LogP contribution in [-0.4, -0.2) is 43.0 Å². The van der Waals surface area contributed by atoms with Crippen LogP contribution in [0.15, 0.2) is 46.9 Å². The van der Waals surface area contributed by atoms with Crippen molar-refractivity contribution in [2.45, 2.75) is 19.4 Å². The Balaban J connectivity index is 1.60. The number of anilines is 2. The molecule has 0 aliphatic carbocycles. The van der Waals surface area contributed by atoms with Crippen LogP contribution in [0.4, 0.5) is 15.8 Å². The van der Waals surface area contributed by atoms with E-state index in [1.54, 1.807) is 12.1 Å². The first-order valence-corrected chi connectivity index (χ1v) is 10.0. The Morgan fingerprint density at radius 1 is 1.18 bits per heavy atom. The third kappa shape index (κ3) is 4.89. The van der Waals surface area contributed by atoms with E-state index >= 15 is 0 Å². The summed E-state index contributed by atoms with van der Waals surface area (Å²) in [6.07, 6.45) is 0.921. The van der Waals surface area contributed by atoms with Gasteiger partial charge in [0.25, 0.3) is 0 Å². The summed E-state index contributed by atoms with van der Waals surface area (Å²) in [5.74, 6) is -0.675. The van der Waals surface area contributed by atoms with Gasteiger partial charge in [-0.15, -0.1) is 0 Å². The van der Waals surface area contributed by atoms with Crippen LogP contribution in [0, 0.1) is 17.1 Å². The Bertz CT molecular complexity index is 881. The zero-order chi connectivity index (χ0) is 20.1. The maximum Gasteiger partial charge on any atom is 0.241 e. The van der Waals surface area contributed by atoms with Crippen molar-refractivity contribution in [2.75, 3.05) is 36.4 Å². The van der Waals surface area contributed by atoms with Gasteiger partial charge in [0.15, 0.2) is 0 Å². The van der Waals surface area contributed by atoms with Gasteiger partial charge in [-0.25, -0.2) is 4.39 Å². The summed E-state index contributed by atoms with van der Waals surface area (Å²) >= 11 is 3.21. The van der Waals surface area contributed by atoms with Gasteiger partial charge in [-0.1, -0.05) is 15.9 Å². The smallest absolute Gasteiger partial charge is 0.241 e. The van der Waals surface area contributed by atoms with E-state index in [9.17, 15) is 9.18 Å². The van der Waals surface area contributed by atoms with Crippen molar-refractivity contribution in [3.63, 3.8) is 0 Å². The number of carbonyl (C=O) groups is 1. The number of nitrogens with zero attached hydrogens (tertiary/aromatic N) is 3. The Kier molecular flexibility index (Phi) is 6.65. The molecule has 1 atom stereocenters. The lowest BCUT2D eigenvalue weighted by Gasteiger charge is -2.27. The normalized spacial score (nSPS) is 16.1. The van der Waals surface area contributed by atoms with Crippen molar-refractivity contribution in [3.8, 4) is 6.07 Å². The topological polar surface area (TPSA) is 59.4 Å². The largest absolute Gasteiger partial charge is 0.370 e. The van der Waals surface area contributed by atoms with Gasteiger partial charge in [0.2, 0.25) is 5.91 Å². The standard InChI is InChI=1S/C21H22BrFN4O/c1-15(21(28)25-20-8-5-17(22)13-19(20)23)26-9-2-10-27(12-11-26)18-6-3-16(14-24)4-7-18/h3-8,13,15H,2,9-12H2,1H3,(H,25,28). The van der Waals surface area contributed by atoms with E-state index in [4.69, 9.17) is 5.26 Å². The molecule has 2 aromatic rings. The molecule has 146 valence electrons. The number of rotatable bonds is 4. The van der Waals surface area contributed by atoms with E-state index in [0.29, 0.717) is 10.0 Å². The molecule has 7 heteroatoms. The molecule has 0 aromatic heterocycles. The average Bonchev–Trinajstić information content (AvgIpc) is 2.96. The Morgan fingerprint density at radius 2 is 1.93 bits per heavy atom. The molecule has 0 radical (unpaired) electrons. The molecule has 1 aliphatic heterocycles. The van der Waals surface area contributed by atoms with E-state index in [1.165, 1.54) is 6.07 Å². The van der Waals surface area contributed by atoms with Crippen LogP contribution in [-0.2, 0) is 4.79 Å². The molecule has 1 amide bonds. The van der Waals surface area contributed by atoms with Gasteiger partial charge >= 0.3 is 0 Å². The number of nitriles is 1. The van der Waals surface area contributed by atoms with E-state index in [0.717, 1.165) is 38.3 Å². The lowest BCUT2D eigenvalue weighted by atomic mass is 10.2. The highest BCUT2D eigenvalue weighted by atomic mass is 79.9. The molecule has 1 heterocycles. The number of hydrogen-bond donors (Lipinski definition) is 1. The monoisotopic (exact) mass is 444 g/mol. The summed E-state index contributed by atoms with van der Waals surface area (Å²) in [4.78, 5) is 17.0. The van der Waals surface area contributed by atoms with Gasteiger partial charge in [0.05, 0.1) is 23.4 Å². The van der Waals surface area contributed by atoms with Gasteiger partial charge in [0, 0.05) is 36.3 Å². The summed E-state index contributed by atoms with van der Waals surface area (Å²) in [7, 11) is 0. The first-order valence-electron chi connectivity index (χ1n) is 9.23. The van der Waals surface area contributed by atoms with E-state index in [1.807, 2.05) is 31.2 Å². The van der Waals surface area contributed by atoms with E-state index < -0.39 is 5.82 Å². The zero-order valence-electron chi connectivity index (χ0n) is 15.7. The fourth-order valence-corrected chi connectivity index (χ4v) is 3.66. The van der Waals surface area contributed by atoms with Crippen LogP contribution in [0.5, 0.6) is 0 Å². The van der Waals surface area contributed by atoms with Crippen LogP contribution in [0.3, 0.4) is 0 Å². The molecule has 1 fully saturated rings. The Labute approximate surface area is 172 Å². The lowest BCUT2D eigenvalue weighted by Crippen LogP contribution is -2.44. The maximum atomic E-state index is 14.0. The third-order valence-corrected chi connectivity index (χ3v) is 5.50. The zero-order valence-corrected chi connectivity index (χ0v) is 17.2. The minimum atomic E-state index is -0.460. The number of hydrogen-bond acceptors (Lipinski definition) is 4. The van der Waals surface area contributed by atoms with Crippen molar-refractivity contribution >= 4 is 33.2 Å². The molecule has 1 unspecified atom stereocenters. The quantitative estimate of drug-likeness (QED) is 0.773. The fraction of sp³-hybridized carbons (Fsp3) is 0.333. The molecule has 0 saturated carbocycles. The minimum Gasteiger partial charge on any atom is -0.370 e. The summed E-state index contributed by atoms with van der Waals surface area (Å²) in [5.41, 5.74) is 1.91. The highest BCUT2D eigenvalue weighted by Gasteiger charge is 2.24. The van der Waals surface area contributed by atoms with E-state index in [2.05, 4.69) is 37.1 Å². The Hall–Kier alpha value is -2.43. The molecule has 28 heavy (non-hydrogen) atoms. The number of amides is 1. The SMILES string of the molecule is CC(C(=O)Nc1ccc(Br)cc1F)N1CCCN(c2ccc(C#N)cc2)CC1. The summed E-state index contributed by atoms with van der Waals surface area (Å²) in [6, 6.07) is 13.9. The number of halogens is 2. The Morgan fingerprint density at radius 3 is 2.61 bits per heavy atom. The summed E-state index contributed by atoms with van der Waals surface area (Å²) < 4.78 is 14.6. The lowest BCUT2D eigenvalue weighted by molar-refractivity contribution is -0.120. The predicted octanol–water partition coefficient (Wildman–Crippen LogP) is 4.00. The van der Waals surface area contributed by atoms with E-state index in [-0.39, 0.29) is 17.6 Å². The molecular formula is C21H22BrFN4O. The van der Waals surface area contributed by atoms with Crippen molar-refractivity contribution in [3.05, 3.63) is 58.3 Å². The van der Waals surface area contributed by atoms with Crippen LogP contribution >= 0.6 is 15.9 Å². The second kappa shape index (κ2) is 9.18. The van der Waals surface area contributed by atoms with Crippen molar-refractivity contribution in [1.29, 1.82) is 5.26 Å². The van der Waals surface area contributed by atoms with Gasteiger partial charge in [-0.05, 0) is 55.8 Å². The van der Waals surface area contributed by atoms with Crippen molar-refractivity contribution < 1.29 is 9.18 Å². The van der Waals surface area contributed by atoms with Gasteiger partial charge < -0.3 is 10.2 Å². The molecule has 0 spiro atoms. The number of nitrogens with one attached hydrogen (secondary N) is 1. The summed E-state index contributed by atoms with van der Waals surface area (Å²) in [6.45, 7) is 5.05. The van der Waals surface area contributed by atoms with Gasteiger partial charge in [0.1, 0.15) is 5.82 Å². The predicted molar refractivity (Wildman–Crippen MR) is 112 cm³/mol. The first-order chi connectivity index (χ1) is 13.5. The van der Waals surface area contributed by atoms with Crippen molar-refractivity contribution in [1.82, 2.24) is 4.90 Å². The van der Waals surface area contributed by atoms with Crippen LogP contribution in [0.2, 0.25) is 0 Å². The van der Waals surface area contributed by atoms with Gasteiger partial charge in [-0.2, -0.15) is 5.26 Å². The molecular weight excluding hydrogens is 423 g/mol. The third-order valence-electron chi connectivity index (χ3n) is 5.01. The van der Waals surface area contributed by atoms with Crippen LogP contribution in [0.1, 0.15) is 18.9 Å². The second-order valence-electron chi connectivity index (χ2n) is 6.82. The van der Waals surface area contributed by atoms with Crippen molar-refractivity contribution in [2.24, 2.45) is 0 Å². The number of benzene rings is 2. The molecule has 1 saturated heterocycles. The molecule has 5 nitrogen and oxygen atoms in total. The molecule has 2 aromatic carbocycles. The highest BCUT2D eigenvalue weighted by Crippen LogP contribution is 2.21. The van der Waals surface area contributed by atoms with Crippen LogP contribution in [0.25, 0.3) is 0 Å². The number of carbonyl (C=O) groups excluding carboxylic acids is 1. The van der Waals surface area contributed by atoms with Crippen LogP contribution < -0.4 is 10.2 Å². The highest BCUT2D eigenvalue weighted by molar-refractivity contribution is 9.10. The molecule has 3 rings (SSSR count). The average molecular weight is 445 g/mol. The minimum absolute atomic E-state index is 0.189. The summed E-state index contributed by atoms with van der Waals surface area (Å²) in [5, 5.41) is 11.6. The maximum absolute atomic E-state index is 14.0. The fourth-order valence-electron chi connectivity index (χ4n) is 3.32. The first kappa shape index (κ1) is 20.3. The van der Waals surface area contributed by atoms with Gasteiger partial charge in [-0.3, -0.25) is 9.69 Å². The molecule has 0 bridgehead atoms.